The lowest BCUT2D eigenvalue weighted by Gasteiger charge is -2.04. The van der Waals surface area contributed by atoms with Crippen molar-refractivity contribution in [1.82, 2.24) is 19.9 Å². The molecule has 4 heterocycles. The van der Waals surface area contributed by atoms with E-state index in [1.54, 1.807) is 42.1 Å². The van der Waals surface area contributed by atoms with E-state index in [1.807, 2.05) is 25.4 Å². The molecule has 0 N–H and O–H groups in total. The van der Waals surface area contributed by atoms with Gasteiger partial charge in [-0.15, -0.1) is 11.3 Å². The molecule has 25 heavy (non-hydrogen) atoms. The molecule has 0 aliphatic heterocycles. The largest absolute Gasteiger partial charge is 0.294 e. The molecule has 6 heteroatoms. The number of Topliss-reactive ketones (excluding diaryl/α,β-unsaturated/α-hetero) is 1. The number of aromatic nitrogens is 4. The maximum Gasteiger partial charge on any atom is 0.168 e. The Kier molecular flexibility index (Phi) is 4.03. The van der Waals surface area contributed by atoms with Crippen LogP contribution in [0.2, 0.25) is 0 Å². The monoisotopic (exact) mass is 346 g/mol. The maximum absolute atomic E-state index is 12.4. The molecule has 0 spiro atoms. The van der Waals surface area contributed by atoms with Crippen LogP contribution in [0, 0.1) is 6.92 Å². The van der Waals surface area contributed by atoms with E-state index in [0.717, 1.165) is 32.0 Å². The highest BCUT2D eigenvalue weighted by Gasteiger charge is 2.10. The van der Waals surface area contributed by atoms with Crippen LogP contribution in [0.3, 0.4) is 0 Å². The molecule has 4 aromatic rings. The van der Waals surface area contributed by atoms with Gasteiger partial charge in [0, 0.05) is 47.0 Å². The topological polar surface area (TPSA) is 68.6 Å². The standard InChI is InChI=1S/C19H14N4OS/c1-12-21-11-19(25-12)15-6-14-7-16(22-10-17(14)23-9-15)8-18(24)13-2-4-20-5-3-13/h2-7,9-11H,8H2,1H3. The summed E-state index contributed by atoms with van der Waals surface area (Å²) in [5.41, 5.74) is 3.21. The van der Waals surface area contributed by atoms with Crippen molar-refractivity contribution in [3.8, 4) is 10.4 Å². The van der Waals surface area contributed by atoms with Gasteiger partial charge in [-0.05, 0) is 31.2 Å². The molecule has 0 aromatic carbocycles. The van der Waals surface area contributed by atoms with E-state index in [0.29, 0.717) is 5.56 Å². The maximum atomic E-state index is 12.4. The summed E-state index contributed by atoms with van der Waals surface area (Å²) < 4.78 is 0. The lowest BCUT2D eigenvalue weighted by Crippen LogP contribution is -2.05. The second-order valence-electron chi connectivity index (χ2n) is 5.67. The number of fused-ring (bicyclic) bond motifs is 1. The number of hydrogen-bond acceptors (Lipinski definition) is 6. The second-order valence-corrected chi connectivity index (χ2v) is 6.91. The molecule has 0 fully saturated rings. The van der Waals surface area contributed by atoms with Gasteiger partial charge in [0.1, 0.15) is 0 Å². The first-order valence-electron chi connectivity index (χ1n) is 7.80. The van der Waals surface area contributed by atoms with E-state index in [2.05, 4.69) is 26.0 Å². The zero-order chi connectivity index (χ0) is 17.2. The fourth-order valence-corrected chi connectivity index (χ4v) is 3.37. The number of pyridine rings is 3. The van der Waals surface area contributed by atoms with Crippen LogP contribution >= 0.6 is 11.3 Å². The van der Waals surface area contributed by atoms with Gasteiger partial charge in [-0.3, -0.25) is 19.7 Å². The predicted molar refractivity (Wildman–Crippen MR) is 97.7 cm³/mol. The summed E-state index contributed by atoms with van der Waals surface area (Å²) in [6.07, 6.45) is 8.90. The number of thiazole rings is 1. The number of carbonyl (C=O) groups is 1. The van der Waals surface area contributed by atoms with Gasteiger partial charge in [-0.1, -0.05) is 0 Å². The minimum atomic E-state index is 0.0245. The fraction of sp³-hybridized carbons (Fsp3) is 0.105. The SMILES string of the molecule is Cc1ncc(-c2cnc3cnc(CC(=O)c4ccncc4)cc3c2)s1. The van der Waals surface area contributed by atoms with Gasteiger partial charge in [0.25, 0.3) is 0 Å². The van der Waals surface area contributed by atoms with E-state index in [9.17, 15) is 4.79 Å². The number of aryl methyl sites for hydroxylation is 1. The molecule has 0 amide bonds. The summed E-state index contributed by atoms with van der Waals surface area (Å²) in [6.45, 7) is 1.98. The Hall–Kier alpha value is -2.99. The van der Waals surface area contributed by atoms with E-state index in [-0.39, 0.29) is 12.2 Å². The van der Waals surface area contributed by atoms with Gasteiger partial charge >= 0.3 is 0 Å². The summed E-state index contributed by atoms with van der Waals surface area (Å²) in [5.74, 6) is 0.0245. The molecule has 0 saturated heterocycles. The third-order valence-corrected chi connectivity index (χ3v) is 4.84. The lowest BCUT2D eigenvalue weighted by molar-refractivity contribution is 0.0992. The molecular weight excluding hydrogens is 332 g/mol. The Morgan fingerprint density at radius 3 is 2.64 bits per heavy atom. The van der Waals surface area contributed by atoms with Gasteiger partial charge in [0.15, 0.2) is 5.78 Å². The van der Waals surface area contributed by atoms with Crippen LogP contribution in [0.1, 0.15) is 21.1 Å². The van der Waals surface area contributed by atoms with Crippen molar-refractivity contribution in [3.63, 3.8) is 0 Å². The Morgan fingerprint density at radius 1 is 1.04 bits per heavy atom. The molecule has 0 radical (unpaired) electrons. The van der Waals surface area contributed by atoms with Crippen molar-refractivity contribution in [2.24, 2.45) is 0 Å². The van der Waals surface area contributed by atoms with Crippen molar-refractivity contribution in [1.29, 1.82) is 0 Å². The number of rotatable bonds is 4. The van der Waals surface area contributed by atoms with E-state index in [1.165, 1.54) is 0 Å². The molecule has 4 rings (SSSR count). The average Bonchev–Trinajstić information content (AvgIpc) is 3.08. The smallest absolute Gasteiger partial charge is 0.168 e. The van der Waals surface area contributed by atoms with Crippen LogP contribution in [-0.4, -0.2) is 25.7 Å². The highest BCUT2D eigenvalue weighted by molar-refractivity contribution is 7.15. The Bertz CT molecular complexity index is 1060. The van der Waals surface area contributed by atoms with Crippen LogP contribution < -0.4 is 0 Å². The lowest BCUT2D eigenvalue weighted by atomic mass is 10.1. The zero-order valence-electron chi connectivity index (χ0n) is 13.5. The Morgan fingerprint density at radius 2 is 1.88 bits per heavy atom. The molecule has 122 valence electrons. The summed E-state index contributed by atoms with van der Waals surface area (Å²) in [6, 6.07) is 7.43. The van der Waals surface area contributed by atoms with Gasteiger partial charge in [0.05, 0.1) is 28.0 Å². The Labute approximate surface area is 148 Å². The first-order chi connectivity index (χ1) is 12.2. The fourth-order valence-electron chi connectivity index (χ4n) is 2.61. The van der Waals surface area contributed by atoms with Gasteiger partial charge in [-0.25, -0.2) is 4.98 Å². The van der Waals surface area contributed by atoms with Crippen LogP contribution in [0.4, 0.5) is 0 Å². The molecule has 4 aromatic heterocycles. The van der Waals surface area contributed by atoms with Crippen molar-refractivity contribution in [3.05, 3.63) is 71.5 Å². The number of nitrogens with zero attached hydrogens (tertiary/aromatic N) is 4. The van der Waals surface area contributed by atoms with Crippen LogP contribution in [0.25, 0.3) is 21.3 Å². The third-order valence-electron chi connectivity index (χ3n) is 3.87. The molecule has 0 saturated carbocycles. The second kappa shape index (κ2) is 6.49. The molecule has 0 aliphatic carbocycles. The molecule has 0 atom stereocenters. The number of hydrogen-bond donors (Lipinski definition) is 0. The molecule has 5 nitrogen and oxygen atoms in total. The highest BCUT2D eigenvalue weighted by atomic mass is 32.1. The van der Waals surface area contributed by atoms with Crippen molar-refractivity contribution < 1.29 is 4.79 Å². The van der Waals surface area contributed by atoms with Gasteiger partial charge < -0.3 is 0 Å². The average molecular weight is 346 g/mol. The predicted octanol–water partition coefficient (Wildman–Crippen LogP) is 3.88. The quantitative estimate of drug-likeness (QED) is 0.525. The van der Waals surface area contributed by atoms with Crippen LogP contribution in [0.5, 0.6) is 0 Å². The van der Waals surface area contributed by atoms with Crippen molar-refractivity contribution in [2.45, 2.75) is 13.3 Å². The molecule has 0 unspecified atom stereocenters. The van der Waals surface area contributed by atoms with Gasteiger partial charge in [0.2, 0.25) is 0 Å². The molecular formula is C19H14N4OS. The summed E-state index contributed by atoms with van der Waals surface area (Å²) in [5, 5.41) is 1.99. The molecule has 0 aliphatic rings. The van der Waals surface area contributed by atoms with Crippen molar-refractivity contribution >= 4 is 28.0 Å². The first-order valence-corrected chi connectivity index (χ1v) is 8.61. The number of ketones is 1. The minimum absolute atomic E-state index is 0.0245. The Balaban J connectivity index is 1.66. The third kappa shape index (κ3) is 3.29. The summed E-state index contributed by atoms with van der Waals surface area (Å²) >= 11 is 1.63. The van der Waals surface area contributed by atoms with E-state index in [4.69, 9.17) is 0 Å². The van der Waals surface area contributed by atoms with Crippen LogP contribution in [-0.2, 0) is 6.42 Å². The minimum Gasteiger partial charge on any atom is -0.294 e. The highest BCUT2D eigenvalue weighted by Crippen LogP contribution is 2.27. The zero-order valence-corrected chi connectivity index (χ0v) is 14.3. The summed E-state index contributed by atoms with van der Waals surface area (Å²) in [7, 11) is 0. The van der Waals surface area contributed by atoms with Gasteiger partial charge in [-0.2, -0.15) is 0 Å². The van der Waals surface area contributed by atoms with E-state index >= 15 is 0 Å². The first kappa shape index (κ1) is 15.5. The van der Waals surface area contributed by atoms with Crippen molar-refractivity contribution in [2.75, 3.05) is 0 Å². The number of carbonyl (C=O) groups excluding carboxylic acids is 1. The normalized spacial score (nSPS) is 10.9. The van der Waals surface area contributed by atoms with Crippen LogP contribution in [0.15, 0.2) is 55.2 Å². The molecule has 0 bridgehead atoms. The summed E-state index contributed by atoms with van der Waals surface area (Å²) in [4.78, 5) is 30.5. The van der Waals surface area contributed by atoms with E-state index < -0.39 is 0 Å².